The van der Waals surface area contributed by atoms with Crippen molar-refractivity contribution in [3.8, 4) is 11.8 Å². The Balaban J connectivity index is 3.27. The molecular weight excluding hydrogens is 292 g/mol. The molecule has 15 heavy (non-hydrogen) atoms. The highest BCUT2D eigenvalue weighted by atomic mass is 79.9. The molecule has 0 aliphatic heterocycles. The molecule has 0 radical (unpaired) electrons. The van der Waals surface area contributed by atoms with Gasteiger partial charge in [-0.15, -0.1) is 0 Å². The maximum Gasteiger partial charge on any atom is 0.417 e. The summed E-state index contributed by atoms with van der Waals surface area (Å²) >= 11 is 8.51. The Morgan fingerprint density at radius 1 is 1.33 bits per heavy atom. The van der Waals surface area contributed by atoms with Crippen LogP contribution in [0.5, 0.6) is 0 Å². The first kappa shape index (κ1) is 12.4. The molecule has 0 aliphatic carbocycles. The van der Waals surface area contributed by atoms with Crippen LogP contribution >= 0.6 is 27.5 Å². The SMILES string of the molecule is FC(F)(F)c1cc(Cl)ccc1C#CCBr. The standard InChI is InChI=1S/C10H5BrClF3/c11-5-1-2-7-3-4-8(12)6-9(7)10(13,14)15/h3-4,6H,5H2. The van der Waals surface area contributed by atoms with Crippen molar-refractivity contribution < 1.29 is 13.2 Å². The van der Waals surface area contributed by atoms with Crippen LogP contribution in [0.15, 0.2) is 18.2 Å². The highest BCUT2D eigenvalue weighted by molar-refractivity contribution is 9.09. The summed E-state index contributed by atoms with van der Waals surface area (Å²) < 4.78 is 37.6. The molecule has 0 aromatic heterocycles. The second kappa shape index (κ2) is 4.91. The second-order valence-corrected chi connectivity index (χ2v) is 3.62. The van der Waals surface area contributed by atoms with E-state index in [0.717, 1.165) is 6.07 Å². The van der Waals surface area contributed by atoms with Crippen LogP contribution in [0.2, 0.25) is 5.02 Å². The van der Waals surface area contributed by atoms with Crippen molar-refractivity contribution in [2.45, 2.75) is 6.18 Å². The number of hydrogen-bond acceptors (Lipinski definition) is 0. The molecule has 0 saturated carbocycles. The third-order valence-electron chi connectivity index (χ3n) is 1.58. The van der Waals surface area contributed by atoms with Gasteiger partial charge in [0.25, 0.3) is 0 Å². The van der Waals surface area contributed by atoms with Crippen LogP contribution in [0.4, 0.5) is 13.2 Å². The lowest BCUT2D eigenvalue weighted by molar-refractivity contribution is -0.137. The van der Waals surface area contributed by atoms with Crippen molar-refractivity contribution in [3.05, 3.63) is 34.3 Å². The zero-order chi connectivity index (χ0) is 11.5. The quantitative estimate of drug-likeness (QED) is 0.499. The molecule has 0 heterocycles. The summed E-state index contributed by atoms with van der Waals surface area (Å²) in [6.07, 6.45) is -4.43. The number of halogens is 5. The maximum atomic E-state index is 12.5. The third-order valence-corrected chi connectivity index (χ3v) is 2.09. The summed E-state index contributed by atoms with van der Waals surface area (Å²) in [5, 5.41) is 0.374. The summed E-state index contributed by atoms with van der Waals surface area (Å²) in [7, 11) is 0. The van der Waals surface area contributed by atoms with E-state index in [4.69, 9.17) is 11.6 Å². The van der Waals surface area contributed by atoms with Gasteiger partial charge in [0.1, 0.15) is 0 Å². The number of benzene rings is 1. The zero-order valence-corrected chi connectivity index (χ0v) is 9.67. The van der Waals surface area contributed by atoms with E-state index >= 15 is 0 Å². The zero-order valence-electron chi connectivity index (χ0n) is 7.33. The van der Waals surface area contributed by atoms with Gasteiger partial charge in [-0.05, 0) is 18.2 Å². The lowest BCUT2D eigenvalue weighted by Gasteiger charge is -2.09. The van der Waals surface area contributed by atoms with Crippen molar-refractivity contribution in [1.82, 2.24) is 0 Å². The van der Waals surface area contributed by atoms with Crippen LogP contribution in [-0.2, 0) is 6.18 Å². The van der Waals surface area contributed by atoms with Gasteiger partial charge in [-0.25, -0.2) is 0 Å². The molecule has 0 unspecified atom stereocenters. The number of hydrogen-bond donors (Lipinski definition) is 0. The summed E-state index contributed by atoms with van der Waals surface area (Å²) in [4.78, 5) is 0. The first-order valence-corrected chi connectivity index (χ1v) is 5.36. The predicted molar refractivity (Wildman–Crippen MR) is 57.1 cm³/mol. The molecule has 80 valence electrons. The Morgan fingerprint density at radius 3 is 2.53 bits per heavy atom. The molecule has 0 bridgehead atoms. The molecule has 0 amide bonds. The van der Waals surface area contributed by atoms with Crippen molar-refractivity contribution in [1.29, 1.82) is 0 Å². The van der Waals surface area contributed by atoms with Crippen molar-refractivity contribution in [3.63, 3.8) is 0 Å². The lowest BCUT2D eigenvalue weighted by Crippen LogP contribution is -2.07. The fourth-order valence-corrected chi connectivity index (χ4v) is 1.30. The van der Waals surface area contributed by atoms with Gasteiger partial charge in [-0.3, -0.25) is 0 Å². The average molecular weight is 298 g/mol. The van der Waals surface area contributed by atoms with Gasteiger partial charge in [-0.1, -0.05) is 39.4 Å². The summed E-state index contributed by atoms with van der Waals surface area (Å²) in [6.45, 7) is 0. The highest BCUT2D eigenvalue weighted by Crippen LogP contribution is 2.33. The molecule has 0 N–H and O–H groups in total. The van der Waals surface area contributed by atoms with Crippen LogP contribution in [0, 0.1) is 11.8 Å². The predicted octanol–water partition coefficient (Wildman–Crippen LogP) is 4.11. The Hall–Kier alpha value is -0.660. The first-order valence-electron chi connectivity index (χ1n) is 3.86. The summed E-state index contributed by atoms with van der Waals surface area (Å²) in [5.41, 5.74) is -0.866. The van der Waals surface area contributed by atoms with Gasteiger partial charge in [-0.2, -0.15) is 13.2 Å². The molecule has 0 saturated heterocycles. The Bertz CT molecular complexity index is 415. The fraction of sp³-hybridized carbons (Fsp3) is 0.200. The van der Waals surface area contributed by atoms with Crippen molar-refractivity contribution >= 4 is 27.5 Å². The van der Waals surface area contributed by atoms with E-state index in [0.29, 0.717) is 5.33 Å². The molecule has 0 spiro atoms. The Morgan fingerprint density at radius 2 is 2.00 bits per heavy atom. The average Bonchev–Trinajstić information content (AvgIpc) is 2.14. The van der Waals surface area contributed by atoms with Crippen LogP contribution < -0.4 is 0 Å². The Kier molecular flexibility index (Phi) is 4.06. The second-order valence-electron chi connectivity index (χ2n) is 2.62. The van der Waals surface area contributed by atoms with E-state index in [-0.39, 0.29) is 10.6 Å². The van der Waals surface area contributed by atoms with Gasteiger partial charge < -0.3 is 0 Å². The van der Waals surface area contributed by atoms with E-state index in [2.05, 4.69) is 27.8 Å². The van der Waals surface area contributed by atoms with E-state index in [1.807, 2.05) is 0 Å². The van der Waals surface area contributed by atoms with Crippen LogP contribution in [-0.4, -0.2) is 5.33 Å². The van der Waals surface area contributed by atoms with Crippen molar-refractivity contribution in [2.75, 3.05) is 5.33 Å². The molecule has 1 rings (SSSR count). The minimum absolute atomic E-state index is 0.0479. The molecule has 5 heteroatoms. The fourth-order valence-electron chi connectivity index (χ4n) is 0.989. The number of alkyl halides is 4. The molecule has 0 nitrogen and oxygen atoms in total. The van der Waals surface area contributed by atoms with Crippen LogP contribution in [0.1, 0.15) is 11.1 Å². The highest BCUT2D eigenvalue weighted by Gasteiger charge is 2.33. The molecule has 1 aromatic carbocycles. The Labute approximate surface area is 98.6 Å². The first-order chi connectivity index (χ1) is 6.95. The third kappa shape index (κ3) is 3.44. The van der Waals surface area contributed by atoms with Gasteiger partial charge in [0.05, 0.1) is 10.9 Å². The normalized spacial score (nSPS) is 10.7. The monoisotopic (exact) mass is 296 g/mol. The van der Waals surface area contributed by atoms with E-state index in [1.54, 1.807) is 0 Å². The largest absolute Gasteiger partial charge is 0.417 e. The molecule has 1 aromatic rings. The van der Waals surface area contributed by atoms with E-state index in [9.17, 15) is 13.2 Å². The summed E-state index contributed by atoms with van der Waals surface area (Å²) in [6, 6.07) is 3.52. The van der Waals surface area contributed by atoms with Gasteiger partial charge >= 0.3 is 6.18 Å². The molecule has 0 atom stereocenters. The van der Waals surface area contributed by atoms with Crippen LogP contribution in [0.25, 0.3) is 0 Å². The van der Waals surface area contributed by atoms with E-state index in [1.165, 1.54) is 12.1 Å². The lowest BCUT2D eigenvalue weighted by atomic mass is 10.1. The van der Waals surface area contributed by atoms with Crippen molar-refractivity contribution in [2.24, 2.45) is 0 Å². The van der Waals surface area contributed by atoms with E-state index < -0.39 is 11.7 Å². The van der Waals surface area contributed by atoms with Gasteiger partial charge in [0.15, 0.2) is 0 Å². The molecule has 0 fully saturated rings. The minimum atomic E-state index is -4.43. The summed E-state index contributed by atoms with van der Waals surface area (Å²) in [5.74, 6) is 4.94. The smallest absolute Gasteiger partial charge is 0.166 e. The van der Waals surface area contributed by atoms with Crippen LogP contribution in [0.3, 0.4) is 0 Å². The molecular formula is C10H5BrClF3. The molecule has 0 aliphatic rings. The van der Waals surface area contributed by atoms with Gasteiger partial charge in [0, 0.05) is 10.6 Å². The number of rotatable bonds is 0. The topological polar surface area (TPSA) is 0 Å². The van der Waals surface area contributed by atoms with Gasteiger partial charge in [0.2, 0.25) is 0 Å². The maximum absolute atomic E-state index is 12.5. The minimum Gasteiger partial charge on any atom is -0.166 e.